The number of hydrogen-bond donors (Lipinski definition) is 2. The van der Waals surface area contributed by atoms with Crippen LogP contribution < -0.4 is 5.32 Å². The van der Waals surface area contributed by atoms with Gasteiger partial charge in [-0.2, -0.15) is 10.1 Å². The Balaban J connectivity index is 2.18. The number of amides is 1. The van der Waals surface area contributed by atoms with Gasteiger partial charge in [0.2, 0.25) is 5.95 Å². The van der Waals surface area contributed by atoms with Gasteiger partial charge in [-0.1, -0.05) is 0 Å². The zero-order valence-corrected chi connectivity index (χ0v) is 9.18. The van der Waals surface area contributed by atoms with E-state index in [2.05, 4.69) is 20.5 Å². The standard InChI is InChI=1S/C9H10N4OS/c1-5-3-7(6(2)15-5)8(14)12-9-10-4-11-13-9/h3-4H,1-2H3,(H2,10,11,12,13,14). The molecule has 5 nitrogen and oxygen atoms in total. The molecule has 0 aliphatic carbocycles. The third kappa shape index (κ3) is 2.04. The molecule has 78 valence electrons. The van der Waals surface area contributed by atoms with Crippen molar-refractivity contribution in [2.24, 2.45) is 0 Å². The number of hydrogen-bond acceptors (Lipinski definition) is 4. The van der Waals surface area contributed by atoms with Gasteiger partial charge in [0, 0.05) is 9.75 Å². The van der Waals surface area contributed by atoms with Crippen LogP contribution in [0.25, 0.3) is 0 Å². The number of aromatic nitrogens is 3. The van der Waals surface area contributed by atoms with E-state index in [9.17, 15) is 4.79 Å². The summed E-state index contributed by atoms with van der Waals surface area (Å²) >= 11 is 1.60. The molecule has 0 spiro atoms. The highest BCUT2D eigenvalue weighted by Gasteiger charge is 2.12. The normalized spacial score (nSPS) is 10.3. The highest BCUT2D eigenvalue weighted by molar-refractivity contribution is 7.12. The molecular weight excluding hydrogens is 212 g/mol. The van der Waals surface area contributed by atoms with E-state index in [0.29, 0.717) is 11.5 Å². The molecule has 15 heavy (non-hydrogen) atoms. The summed E-state index contributed by atoms with van der Waals surface area (Å²) in [5.74, 6) is 0.205. The fourth-order valence-corrected chi connectivity index (χ4v) is 2.22. The van der Waals surface area contributed by atoms with E-state index >= 15 is 0 Å². The zero-order chi connectivity index (χ0) is 10.8. The number of anilines is 1. The summed E-state index contributed by atoms with van der Waals surface area (Å²) in [6.07, 6.45) is 1.35. The summed E-state index contributed by atoms with van der Waals surface area (Å²) in [5.41, 5.74) is 0.689. The second-order valence-electron chi connectivity index (χ2n) is 3.12. The predicted octanol–water partition coefficient (Wildman–Crippen LogP) is 1.74. The fourth-order valence-electron chi connectivity index (χ4n) is 1.30. The Bertz CT molecular complexity index is 474. The molecule has 2 aromatic heterocycles. The van der Waals surface area contributed by atoms with Crippen molar-refractivity contribution < 1.29 is 4.79 Å². The Labute approximate surface area is 90.6 Å². The number of nitrogens with one attached hydrogen (secondary N) is 2. The molecule has 2 aromatic rings. The van der Waals surface area contributed by atoms with Crippen LogP contribution in [0, 0.1) is 13.8 Å². The van der Waals surface area contributed by atoms with Gasteiger partial charge >= 0.3 is 0 Å². The van der Waals surface area contributed by atoms with Gasteiger partial charge in [0.1, 0.15) is 6.33 Å². The zero-order valence-electron chi connectivity index (χ0n) is 8.37. The van der Waals surface area contributed by atoms with Gasteiger partial charge < -0.3 is 0 Å². The predicted molar refractivity (Wildman–Crippen MR) is 58.1 cm³/mol. The average Bonchev–Trinajstić information content (AvgIpc) is 2.75. The Morgan fingerprint density at radius 2 is 2.33 bits per heavy atom. The quantitative estimate of drug-likeness (QED) is 0.813. The fraction of sp³-hybridized carbons (Fsp3) is 0.222. The molecule has 1 amide bonds. The lowest BCUT2D eigenvalue weighted by Crippen LogP contribution is -2.13. The van der Waals surface area contributed by atoms with Gasteiger partial charge in [0.05, 0.1) is 5.56 Å². The van der Waals surface area contributed by atoms with E-state index in [4.69, 9.17) is 0 Å². The lowest BCUT2D eigenvalue weighted by atomic mass is 10.2. The Hall–Kier alpha value is -1.69. The minimum Gasteiger partial charge on any atom is -0.291 e. The van der Waals surface area contributed by atoms with Crippen molar-refractivity contribution in [1.29, 1.82) is 0 Å². The van der Waals surface area contributed by atoms with Crippen LogP contribution in [0.3, 0.4) is 0 Å². The van der Waals surface area contributed by atoms with E-state index < -0.39 is 0 Å². The maximum absolute atomic E-state index is 11.8. The summed E-state index contributed by atoms with van der Waals surface area (Å²) in [6.45, 7) is 3.90. The van der Waals surface area contributed by atoms with Gasteiger partial charge in [0.15, 0.2) is 0 Å². The SMILES string of the molecule is Cc1cc(C(=O)Nc2ncn[nH]2)c(C)s1. The number of thiophene rings is 1. The summed E-state index contributed by atoms with van der Waals surface area (Å²) in [7, 11) is 0. The van der Waals surface area contributed by atoms with Crippen molar-refractivity contribution in [3.8, 4) is 0 Å². The lowest BCUT2D eigenvalue weighted by Gasteiger charge is -1.99. The van der Waals surface area contributed by atoms with Crippen LogP contribution in [0.2, 0.25) is 0 Å². The first-order valence-corrected chi connectivity index (χ1v) is 5.22. The summed E-state index contributed by atoms with van der Waals surface area (Å²) in [6, 6.07) is 1.87. The second-order valence-corrected chi connectivity index (χ2v) is 4.58. The van der Waals surface area contributed by atoms with Crippen molar-refractivity contribution >= 4 is 23.2 Å². The molecule has 0 aromatic carbocycles. The summed E-state index contributed by atoms with van der Waals surface area (Å²) < 4.78 is 0. The van der Waals surface area contributed by atoms with E-state index in [-0.39, 0.29) is 5.91 Å². The number of aromatic amines is 1. The number of carbonyl (C=O) groups excluding carboxylic acids is 1. The molecule has 2 N–H and O–H groups in total. The lowest BCUT2D eigenvalue weighted by molar-refractivity contribution is 0.102. The average molecular weight is 222 g/mol. The summed E-state index contributed by atoms with van der Waals surface area (Å²) in [5, 5.41) is 8.85. The second kappa shape index (κ2) is 3.82. The molecule has 0 aliphatic rings. The van der Waals surface area contributed by atoms with Crippen LogP contribution in [0.1, 0.15) is 20.1 Å². The molecule has 0 aliphatic heterocycles. The van der Waals surface area contributed by atoms with Crippen LogP contribution in [-0.2, 0) is 0 Å². The monoisotopic (exact) mass is 222 g/mol. The molecule has 0 bridgehead atoms. The first kappa shape index (κ1) is 9.85. The highest BCUT2D eigenvalue weighted by Crippen LogP contribution is 2.20. The van der Waals surface area contributed by atoms with E-state index in [1.54, 1.807) is 11.3 Å². The van der Waals surface area contributed by atoms with Crippen molar-refractivity contribution in [1.82, 2.24) is 15.2 Å². The third-order valence-corrected chi connectivity index (χ3v) is 2.90. The smallest absolute Gasteiger partial charge is 0.259 e. The Morgan fingerprint density at radius 1 is 1.53 bits per heavy atom. The van der Waals surface area contributed by atoms with Gasteiger partial charge in [-0.05, 0) is 19.9 Å². The Kier molecular flexibility index (Phi) is 2.51. The number of rotatable bonds is 2. The molecule has 2 heterocycles. The van der Waals surface area contributed by atoms with Gasteiger partial charge in [-0.3, -0.25) is 10.1 Å². The number of H-pyrrole nitrogens is 1. The molecule has 6 heteroatoms. The van der Waals surface area contributed by atoms with Crippen molar-refractivity contribution in [2.75, 3.05) is 5.32 Å². The molecule has 0 saturated heterocycles. The van der Waals surface area contributed by atoms with E-state index in [0.717, 1.165) is 9.75 Å². The van der Waals surface area contributed by atoms with Crippen LogP contribution in [0.15, 0.2) is 12.4 Å². The van der Waals surface area contributed by atoms with Crippen LogP contribution >= 0.6 is 11.3 Å². The van der Waals surface area contributed by atoms with Crippen molar-refractivity contribution in [2.45, 2.75) is 13.8 Å². The number of aryl methyl sites for hydroxylation is 2. The molecule has 0 radical (unpaired) electrons. The minimum absolute atomic E-state index is 0.159. The molecular formula is C9H10N4OS. The first-order valence-electron chi connectivity index (χ1n) is 4.40. The van der Waals surface area contributed by atoms with Gasteiger partial charge in [-0.15, -0.1) is 11.3 Å². The van der Waals surface area contributed by atoms with E-state index in [1.807, 2.05) is 19.9 Å². The van der Waals surface area contributed by atoms with Crippen LogP contribution in [-0.4, -0.2) is 21.1 Å². The molecule has 2 rings (SSSR count). The van der Waals surface area contributed by atoms with Crippen LogP contribution in [0.4, 0.5) is 5.95 Å². The maximum atomic E-state index is 11.8. The first-order chi connectivity index (χ1) is 7.16. The van der Waals surface area contributed by atoms with Crippen LogP contribution in [0.5, 0.6) is 0 Å². The topological polar surface area (TPSA) is 70.7 Å². The number of carbonyl (C=O) groups is 1. The summed E-state index contributed by atoms with van der Waals surface area (Å²) in [4.78, 5) is 17.7. The molecule has 0 unspecified atom stereocenters. The highest BCUT2D eigenvalue weighted by atomic mass is 32.1. The molecule has 0 atom stereocenters. The van der Waals surface area contributed by atoms with Crippen molar-refractivity contribution in [3.63, 3.8) is 0 Å². The van der Waals surface area contributed by atoms with Crippen molar-refractivity contribution in [3.05, 3.63) is 27.7 Å². The largest absolute Gasteiger partial charge is 0.291 e. The maximum Gasteiger partial charge on any atom is 0.259 e. The number of nitrogens with zero attached hydrogens (tertiary/aromatic N) is 2. The van der Waals surface area contributed by atoms with E-state index in [1.165, 1.54) is 6.33 Å². The third-order valence-electron chi connectivity index (χ3n) is 1.93. The van der Waals surface area contributed by atoms with Gasteiger partial charge in [-0.25, -0.2) is 5.10 Å². The molecule has 0 fully saturated rings. The van der Waals surface area contributed by atoms with Gasteiger partial charge in [0.25, 0.3) is 5.91 Å². The Morgan fingerprint density at radius 3 is 2.87 bits per heavy atom. The molecule has 0 saturated carbocycles. The minimum atomic E-state index is -0.159.